The smallest absolute Gasteiger partial charge is 0.00989 e. The number of rotatable bonds is 24. The summed E-state index contributed by atoms with van der Waals surface area (Å²) in [6, 6.07) is 0. The first-order valence-electron chi connectivity index (χ1n) is 13.3. The highest BCUT2D eigenvalue weighted by Gasteiger charge is 1.96. The van der Waals surface area contributed by atoms with Crippen molar-refractivity contribution in [1.82, 2.24) is 0 Å². The van der Waals surface area contributed by atoms with Crippen molar-refractivity contribution in [2.45, 2.75) is 167 Å². The first kappa shape index (κ1) is 27.6. The summed E-state index contributed by atoms with van der Waals surface area (Å²) in [6.45, 7) is 2.30. The van der Waals surface area contributed by atoms with Gasteiger partial charge in [0, 0.05) is 6.42 Å². The first-order chi connectivity index (χ1) is 13.9. The molecule has 0 saturated heterocycles. The lowest BCUT2D eigenvalue weighted by molar-refractivity contribution is 0.517. The zero-order valence-corrected chi connectivity index (χ0v) is 19.7. The normalized spacial score (nSPS) is 11.0. The molecular weight excluding hydrogens is 336 g/mol. The molecule has 0 spiro atoms. The molecule has 0 N–H and O–H groups in total. The molecule has 0 heterocycles. The van der Waals surface area contributed by atoms with E-state index >= 15 is 0 Å². The van der Waals surface area contributed by atoms with Crippen LogP contribution in [0.3, 0.4) is 0 Å². The Labute approximate surface area is 180 Å². The van der Waals surface area contributed by atoms with Crippen molar-refractivity contribution in [2.75, 3.05) is 0 Å². The maximum absolute atomic E-state index is 6.88. The van der Waals surface area contributed by atoms with Gasteiger partial charge in [-0.05, 0) is 12.8 Å². The molecule has 0 unspecified atom stereocenters. The van der Waals surface area contributed by atoms with E-state index in [2.05, 4.69) is 12.8 Å². The van der Waals surface area contributed by atoms with Gasteiger partial charge in [-0.2, -0.15) is 0 Å². The van der Waals surface area contributed by atoms with Crippen molar-refractivity contribution in [2.24, 2.45) is 0 Å². The molecule has 0 bridgehead atoms. The summed E-state index contributed by atoms with van der Waals surface area (Å²) in [5, 5.41) is 0. The standard InChI is InChI=1S/C28H53/c1-3-5-7-9-11-13-15-17-19-21-23-25-27-28-26-24-22-20-18-16-14-12-10-8-6-4-2/h3,5-28H2,1H3. The van der Waals surface area contributed by atoms with Crippen LogP contribution in [-0.4, -0.2) is 0 Å². The number of hydrogen-bond acceptors (Lipinski definition) is 0. The second-order valence-electron chi connectivity index (χ2n) is 9.06. The lowest BCUT2D eigenvalue weighted by atomic mass is 10.0. The van der Waals surface area contributed by atoms with Gasteiger partial charge in [0.15, 0.2) is 0 Å². The summed E-state index contributed by atoms with van der Waals surface area (Å²) in [4.78, 5) is 0. The molecule has 0 heteroatoms. The molecule has 0 aliphatic rings. The van der Waals surface area contributed by atoms with Gasteiger partial charge >= 0.3 is 0 Å². The van der Waals surface area contributed by atoms with Crippen LogP contribution in [0.1, 0.15) is 167 Å². The molecule has 0 aromatic heterocycles. The molecule has 0 amide bonds. The lowest BCUT2D eigenvalue weighted by Gasteiger charge is -2.04. The van der Waals surface area contributed by atoms with Crippen LogP contribution in [-0.2, 0) is 0 Å². The predicted molar refractivity (Wildman–Crippen MR) is 128 cm³/mol. The Morgan fingerprint density at radius 3 is 0.786 bits per heavy atom. The van der Waals surface area contributed by atoms with Gasteiger partial charge in [0.2, 0.25) is 0 Å². The first-order valence-corrected chi connectivity index (χ1v) is 13.3. The Morgan fingerprint density at radius 1 is 0.357 bits per heavy atom. The maximum Gasteiger partial charge on any atom is 0.00989 e. The molecule has 0 rings (SSSR count). The van der Waals surface area contributed by atoms with E-state index in [0.29, 0.717) is 0 Å². The highest BCUT2D eigenvalue weighted by atomic mass is 14.0. The predicted octanol–water partition coefficient (Wildman–Crippen LogP) is 10.3. The summed E-state index contributed by atoms with van der Waals surface area (Å²) in [6.07, 6.45) is 42.2. The van der Waals surface area contributed by atoms with E-state index in [1.54, 1.807) is 0 Å². The van der Waals surface area contributed by atoms with Crippen LogP contribution in [0.2, 0.25) is 0 Å². The fraction of sp³-hybridized carbons (Fsp3) is 0.929. The summed E-state index contributed by atoms with van der Waals surface area (Å²) in [7, 11) is 0. The maximum atomic E-state index is 6.88. The molecule has 0 atom stereocenters. The van der Waals surface area contributed by atoms with E-state index in [1.807, 2.05) is 0 Å². The van der Waals surface area contributed by atoms with Crippen LogP contribution in [0.15, 0.2) is 0 Å². The topological polar surface area (TPSA) is 0 Å². The van der Waals surface area contributed by atoms with Crippen LogP contribution in [0.25, 0.3) is 0 Å². The van der Waals surface area contributed by atoms with Gasteiger partial charge in [-0.3, -0.25) is 0 Å². The molecule has 28 heavy (non-hydrogen) atoms. The van der Waals surface area contributed by atoms with Crippen molar-refractivity contribution in [1.29, 1.82) is 0 Å². The molecule has 0 fully saturated rings. The monoisotopic (exact) mass is 389 g/mol. The Bertz CT molecular complexity index is 298. The molecule has 0 nitrogen and oxygen atoms in total. The molecule has 0 aromatic carbocycles. The van der Waals surface area contributed by atoms with E-state index in [4.69, 9.17) is 6.42 Å². The molecule has 0 aliphatic carbocycles. The molecule has 0 aliphatic heterocycles. The average molecular weight is 390 g/mol. The summed E-state index contributed by atoms with van der Waals surface area (Å²) < 4.78 is 0. The van der Waals surface area contributed by atoms with E-state index in [9.17, 15) is 0 Å². The molecule has 165 valence electrons. The Kier molecular flexibility index (Phi) is 26.1. The van der Waals surface area contributed by atoms with Crippen LogP contribution in [0.4, 0.5) is 0 Å². The molecule has 1 radical (unpaired) electrons. The van der Waals surface area contributed by atoms with Gasteiger partial charge in [-0.25, -0.2) is 0 Å². The van der Waals surface area contributed by atoms with Crippen LogP contribution in [0.5, 0.6) is 0 Å². The fourth-order valence-corrected chi connectivity index (χ4v) is 4.18. The minimum absolute atomic E-state index is 0.860. The van der Waals surface area contributed by atoms with E-state index in [0.717, 1.165) is 6.42 Å². The third-order valence-corrected chi connectivity index (χ3v) is 6.16. The largest absolute Gasteiger partial charge is 0.0891 e. The Hall–Kier alpha value is -0.440. The second-order valence-corrected chi connectivity index (χ2v) is 9.06. The van der Waals surface area contributed by atoms with Gasteiger partial charge in [0.1, 0.15) is 0 Å². The van der Waals surface area contributed by atoms with Crippen molar-refractivity contribution in [3.63, 3.8) is 0 Å². The summed E-state index contributed by atoms with van der Waals surface area (Å²) in [5.41, 5.74) is 0. The Morgan fingerprint density at radius 2 is 0.571 bits per heavy atom. The molecule has 0 aromatic rings. The molecule has 0 saturated carbocycles. The third kappa shape index (κ3) is 25.6. The summed E-state index contributed by atoms with van der Waals surface area (Å²) in [5.74, 6) is 2.48. The van der Waals surface area contributed by atoms with E-state index in [1.165, 1.54) is 154 Å². The van der Waals surface area contributed by atoms with Crippen LogP contribution < -0.4 is 0 Å². The zero-order valence-electron chi connectivity index (χ0n) is 19.7. The van der Waals surface area contributed by atoms with Gasteiger partial charge in [0.05, 0.1) is 0 Å². The van der Waals surface area contributed by atoms with Gasteiger partial charge in [-0.1, -0.05) is 161 Å². The minimum atomic E-state index is 0.860. The van der Waals surface area contributed by atoms with Crippen molar-refractivity contribution < 1.29 is 0 Å². The van der Waals surface area contributed by atoms with E-state index < -0.39 is 0 Å². The zero-order chi connectivity index (χ0) is 20.4. The van der Waals surface area contributed by atoms with Crippen molar-refractivity contribution in [3.05, 3.63) is 6.42 Å². The highest BCUT2D eigenvalue weighted by molar-refractivity contribution is 4.74. The van der Waals surface area contributed by atoms with Crippen molar-refractivity contribution in [3.8, 4) is 5.92 Å². The molecular formula is C28H53. The fourth-order valence-electron chi connectivity index (χ4n) is 4.18. The van der Waals surface area contributed by atoms with Crippen molar-refractivity contribution >= 4 is 0 Å². The number of unbranched alkanes of at least 4 members (excludes halogenated alkanes) is 24. The SMILES string of the molecule is [C]#CCCCCCCCCCCCCCCCCCCCCCCCCCC. The minimum Gasteiger partial charge on any atom is -0.0891 e. The Balaban J connectivity index is 2.97. The highest BCUT2D eigenvalue weighted by Crippen LogP contribution is 2.15. The summed E-state index contributed by atoms with van der Waals surface area (Å²) >= 11 is 0. The van der Waals surface area contributed by atoms with Gasteiger partial charge < -0.3 is 0 Å². The third-order valence-electron chi connectivity index (χ3n) is 6.16. The number of hydrogen-bond donors (Lipinski definition) is 0. The van der Waals surface area contributed by atoms with Gasteiger partial charge in [0.25, 0.3) is 0 Å². The van der Waals surface area contributed by atoms with Crippen LogP contribution in [0, 0.1) is 12.3 Å². The van der Waals surface area contributed by atoms with E-state index in [-0.39, 0.29) is 0 Å². The quantitative estimate of drug-likeness (QED) is 0.114. The lowest BCUT2D eigenvalue weighted by Crippen LogP contribution is -1.84. The van der Waals surface area contributed by atoms with Crippen LogP contribution >= 0.6 is 0 Å². The van der Waals surface area contributed by atoms with Gasteiger partial charge in [-0.15, -0.1) is 0 Å². The average Bonchev–Trinajstić information content (AvgIpc) is 2.71. The second kappa shape index (κ2) is 26.6.